The Morgan fingerprint density at radius 1 is 1.19 bits per heavy atom. The van der Waals surface area contributed by atoms with Crippen molar-refractivity contribution in [1.29, 1.82) is 0 Å². The van der Waals surface area contributed by atoms with Gasteiger partial charge in [0.05, 0.1) is 5.54 Å². The van der Waals surface area contributed by atoms with E-state index in [0.717, 1.165) is 11.8 Å². The molecule has 1 N–H and O–H groups in total. The van der Waals surface area contributed by atoms with Crippen LogP contribution in [0.1, 0.15) is 59.8 Å². The number of hydrogen-bond acceptors (Lipinski definition) is 1. The summed E-state index contributed by atoms with van der Waals surface area (Å²) >= 11 is 0. The molecule has 1 fully saturated rings. The Bertz CT molecular complexity index is 247. The normalized spacial score (nSPS) is 27.5. The molecule has 0 aromatic carbocycles. The lowest BCUT2D eigenvalue weighted by atomic mass is 9.89. The predicted molar refractivity (Wildman–Crippen MR) is 71.2 cm³/mol. The van der Waals surface area contributed by atoms with Gasteiger partial charge in [0.2, 0.25) is 0 Å². The molecule has 1 nitrogen and oxygen atoms in total. The second kappa shape index (κ2) is 5.73. The predicted octanol–water partition coefficient (Wildman–Crippen LogP) is 3.59. The lowest BCUT2D eigenvalue weighted by molar-refractivity contribution is 0.329. The molecule has 1 aliphatic rings. The largest absolute Gasteiger partial charge is 0.299 e. The van der Waals surface area contributed by atoms with Gasteiger partial charge in [-0.15, -0.1) is 6.42 Å². The number of rotatable bonds is 3. The Morgan fingerprint density at radius 3 is 2.44 bits per heavy atom. The summed E-state index contributed by atoms with van der Waals surface area (Å²) in [6.45, 7) is 8.89. The van der Waals surface area contributed by atoms with Crippen molar-refractivity contribution >= 4 is 0 Å². The summed E-state index contributed by atoms with van der Waals surface area (Å²) in [5.41, 5.74) is -0.150. The lowest BCUT2D eigenvalue weighted by Gasteiger charge is -2.27. The van der Waals surface area contributed by atoms with E-state index in [4.69, 9.17) is 6.42 Å². The van der Waals surface area contributed by atoms with Gasteiger partial charge in [-0.05, 0) is 44.9 Å². The highest BCUT2D eigenvalue weighted by molar-refractivity contribution is 5.08. The van der Waals surface area contributed by atoms with E-state index < -0.39 is 0 Å². The molecular formula is C15H27N. The summed E-state index contributed by atoms with van der Waals surface area (Å²) < 4.78 is 0. The van der Waals surface area contributed by atoms with Crippen molar-refractivity contribution in [2.75, 3.05) is 0 Å². The quantitative estimate of drug-likeness (QED) is 0.567. The lowest BCUT2D eigenvalue weighted by Crippen LogP contribution is -2.44. The summed E-state index contributed by atoms with van der Waals surface area (Å²) in [6, 6.07) is 0.620. The molecular weight excluding hydrogens is 194 g/mol. The van der Waals surface area contributed by atoms with Gasteiger partial charge in [-0.25, -0.2) is 0 Å². The van der Waals surface area contributed by atoms with Gasteiger partial charge in [-0.3, -0.25) is 5.32 Å². The molecule has 0 radical (unpaired) electrons. The minimum atomic E-state index is -0.150. The van der Waals surface area contributed by atoms with Gasteiger partial charge in [-0.1, -0.05) is 32.6 Å². The third-order valence-corrected chi connectivity index (χ3v) is 3.88. The maximum Gasteiger partial charge on any atom is 0.0743 e. The fourth-order valence-corrected chi connectivity index (χ4v) is 2.69. The first kappa shape index (κ1) is 13.6. The average molecular weight is 221 g/mol. The van der Waals surface area contributed by atoms with E-state index in [1.54, 1.807) is 0 Å². The van der Waals surface area contributed by atoms with Gasteiger partial charge in [0.1, 0.15) is 0 Å². The molecule has 1 saturated carbocycles. The van der Waals surface area contributed by atoms with Crippen molar-refractivity contribution in [2.45, 2.75) is 71.4 Å². The molecule has 2 unspecified atom stereocenters. The minimum Gasteiger partial charge on any atom is -0.299 e. The molecule has 0 aromatic heterocycles. The van der Waals surface area contributed by atoms with Crippen molar-refractivity contribution in [3.05, 3.63) is 0 Å². The van der Waals surface area contributed by atoms with Crippen LogP contribution in [0.4, 0.5) is 0 Å². The van der Waals surface area contributed by atoms with Crippen LogP contribution in [-0.2, 0) is 0 Å². The van der Waals surface area contributed by atoms with Crippen LogP contribution in [0.25, 0.3) is 0 Å². The zero-order valence-electron chi connectivity index (χ0n) is 11.3. The standard InChI is InChI=1S/C15H27N/c1-6-15(4,5)16-14-9-7-8-13(10-11-14)12(2)3/h1,12-14,16H,7-11H2,2-5H3. The maximum absolute atomic E-state index is 5.53. The molecule has 0 saturated heterocycles. The fraction of sp³-hybridized carbons (Fsp3) is 0.867. The molecule has 92 valence electrons. The van der Waals surface area contributed by atoms with E-state index in [1.807, 2.05) is 0 Å². The Hall–Kier alpha value is -0.480. The molecule has 0 spiro atoms. The summed E-state index contributed by atoms with van der Waals surface area (Å²) in [7, 11) is 0. The SMILES string of the molecule is C#CC(C)(C)NC1CCCC(C(C)C)CC1. The topological polar surface area (TPSA) is 12.0 Å². The van der Waals surface area contributed by atoms with E-state index in [9.17, 15) is 0 Å². The van der Waals surface area contributed by atoms with Crippen LogP contribution in [0.5, 0.6) is 0 Å². The fourth-order valence-electron chi connectivity index (χ4n) is 2.69. The average Bonchev–Trinajstić information content (AvgIpc) is 2.43. The van der Waals surface area contributed by atoms with Crippen LogP contribution >= 0.6 is 0 Å². The Kier molecular flexibility index (Phi) is 4.87. The minimum absolute atomic E-state index is 0.150. The highest BCUT2D eigenvalue weighted by Gasteiger charge is 2.24. The zero-order valence-corrected chi connectivity index (χ0v) is 11.3. The van der Waals surface area contributed by atoms with Crippen LogP contribution in [0.2, 0.25) is 0 Å². The molecule has 2 atom stereocenters. The van der Waals surface area contributed by atoms with Crippen molar-refractivity contribution in [3.63, 3.8) is 0 Å². The second-order valence-corrected chi connectivity index (χ2v) is 6.12. The van der Waals surface area contributed by atoms with Crippen molar-refractivity contribution in [3.8, 4) is 12.3 Å². The van der Waals surface area contributed by atoms with Crippen LogP contribution in [0.3, 0.4) is 0 Å². The van der Waals surface area contributed by atoms with E-state index in [1.165, 1.54) is 32.1 Å². The summed E-state index contributed by atoms with van der Waals surface area (Å²) in [5.74, 6) is 4.58. The third-order valence-electron chi connectivity index (χ3n) is 3.88. The van der Waals surface area contributed by atoms with Crippen molar-refractivity contribution in [1.82, 2.24) is 5.32 Å². The highest BCUT2D eigenvalue weighted by Crippen LogP contribution is 2.29. The maximum atomic E-state index is 5.53. The first-order valence-electron chi connectivity index (χ1n) is 6.70. The van der Waals surface area contributed by atoms with Crippen molar-refractivity contribution < 1.29 is 0 Å². The van der Waals surface area contributed by atoms with Crippen molar-refractivity contribution in [2.24, 2.45) is 11.8 Å². The molecule has 16 heavy (non-hydrogen) atoms. The monoisotopic (exact) mass is 221 g/mol. The smallest absolute Gasteiger partial charge is 0.0743 e. The van der Waals surface area contributed by atoms with E-state index in [-0.39, 0.29) is 5.54 Å². The summed E-state index contributed by atoms with van der Waals surface area (Å²) in [4.78, 5) is 0. The molecule has 0 aliphatic heterocycles. The Balaban J connectivity index is 2.45. The third kappa shape index (κ3) is 4.18. The molecule has 0 heterocycles. The van der Waals surface area contributed by atoms with Gasteiger partial charge in [0, 0.05) is 6.04 Å². The van der Waals surface area contributed by atoms with E-state index in [0.29, 0.717) is 6.04 Å². The first-order valence-corrected chi connectivity index (χ1v) is 6.70. The van der Waals surface area contributed by atoms with Crippen LogP contribution in [0.15, 0.2) is 0 Å². The van der Waals surface area contributed by atoms with Gasteiger partial charge < -0.3 is 0 Å². The van der Waals surface area contributed by atoms with Crippen LogP contribution in [0, 0.1) is 24.2 Å². The Morgan fingerprint density at radius 2 is 1.88 bits per heavy atom. The molecule has 0 aromatic rings. The van der Waals surface area contributed by atoms with Gasteiger partial charge >= 0.3 is 0 Å². The van der Waals surface area contributed by atoms with Crippen LogP contribution in [-0.4, -0.2) is 11.6 Å². The highest BCUT2D eigenvalue weighted by atomic mass is 15.0. The Labute approximate surface area is 101 Å². The molecule has 1 heteroatoms. The molecule has 0 bridgehead atoms. The van der Waals surface area contributed by atoms with Crippen LogP contribution < -0.4 is 5.32 Å². The first-order chi connectivity index (χ1) is 7.44. The summed E-state index contributed by atoms with van der Waals surface area (Å²) in [6.07, 6.45) is 12.2. The van der Waals surface area contributed by atoms with E-state index in [2.05, 4.69) is 38.9 Å². The van der Waals surface area contributed by atoms with Gasteiger partial charge in [0.25, 0.3) is 0 Å². The van der Waals surface area contributed by atoms with Gasteiger partial charge in [0.15, 0.2) is 0 Å². The second-order valence-electron chi connectivity index (χ2n) is 6.12. The molecule has 1 aliphatic carbocycles. The molecule has 0 amide bonds. The van der Waals surface area contributed by atoms with Gasteiger partial charge in [-0.2, -0.15) is 0 Å². The van der Waals surface area contributed by atoms with E-state index >= 15 is 0 Å². The number of terminal acetylenes is 1. The summed E-state index contributed by atoms with van der Waals surface area (Å²) in [5, 5.41) is 3.61. The number of hydrogen-bond donors (Lipinski definition) is 1. The number of nitrogens with one attached hydrogen (secondary N) is 1. The zero-order chi connectivity index (χ0) is 12.2. The molecule has 1 rings (SSSR count).